The number of methoxy groups -OCH3 is 1. The molecule has 1 aliphatic rings. The molecule has 3 atom stereocenters. The van der Waals surface area contributed by atoms with E-state index >= 15 is 0 Å². The van der Waals surface area contributed by atoms with Crippen molar-refractivity contribution in [3.05, 3.63) is 0 Å². The van der Waals surface area contributed by atoms with Crippen LogP contribution in [0, 0.1) is 5.92 Å². The van der Waals surface area contributed by atoms with Gasteiger partial charge in [0.05, 0.1) is 24.7 Å². The molecule has 0 radical (unpaired) electrons. The first-order valence-corrected chi connectivity index (χ1v) is 6.81. The Balaban J connectivity index is 2.43. The highest BCUT2D eigenvalue weighted by Crippen LogP contribution is 2.23. The summed E-state index contributed by atoms with van der Waals surface area (Å²) in [6, 6.07) is 0.0376. The molecular weight excluding hydrogens is 274 g/mol. The average molecular weight is 294 g/mol. The molecule has 1 heterocycles. The van der Waals surface area contributed by atoms with Gasteiger partial charge in [-0.05, 0) is 12.8 Å². The topological polar surface area (TPSA) is 47.6 Å². The second kappa shape index (κ2) is 7.25. The molecule has 5 heteroatoms. The molecule has 1 rings (SSSR count). The predicted octanol–water partition coefficient (Wildman–Crippen LogP) is 1.33. The van der Waals surface area contributed by atoms with E-state index in [-0.39, 0.29) is 24.0 Å². The fourth-order valence-electron chi connectivity index (χ4n) is 1.98. The van der Waals surface area contributed by atoms with Crippen molar-refractivity contribution in [1.82, 2.24) is 5.32 Å². The van der Waals surface area contributed by atoms with E-state index in [0.717, 1.165) is 12.8 Å². The summed E-state index contributed by atoms with van der Waals surface area (Å²) in [5, 5.41) is 3.69. The van der Waals surface area contributed by atoms with Crippen LogP contribution in [0.4, 0.5) is 0 Å². The van der Waals surface area contributed by atoms with E-state index in [1.54, 1.807) is 7.11 Å². The Morgan fingerprint density at radius 2 is 2.44 bits per heavy atom. The second-order valence-corrected chi connectivity index (χ2v) is 4.68. The molecule has 1 N–H and O–H groups in total. The highest BCUT2D eigenvalue weighted by Gasteiger charge is 2.33. The molecule has 0 bridgehead atoms. The van der Waals surface area contributed by atoms with Crippen LogP contribution >= 0.6 is 15.9 Å². The van der Waals surface area contributed by atoms with Crippen LogP contribution in [0.1, 0.15) is 19.8 Å². The van der Waals surface area contributed by atoms with Crippen molar-refractivity contribution in [2.45, 2.75) is 31.9 Å². The van der Waals surface area contributed by atoms with Gasteiger partial charge in [-0.2, -0.15) is 0 Å². The summed E-state index contributed by atoms with van der Waals surface area (Å²) in [6.45, 7) is 3.27. The standard InChI is InChI=1S/C11H20BrNO3/c1-3-10-9(4-5-16-10)11(14)13-8(6-12)7-15-2/h8-10H,3-7H2,1-2H3,(H,13,14). The van der Waals surface area contributed by atoms with E-state index in [1.165, 1.54) is 0 Å². The van der Waals surface area contributed by atoms with Crippen molar-refractivity contribution in [2.75, 3.05) is 25.7 Å². The molecule has 0 aromatic heterocycles. The first-order chi connectivity index (χ1) is 7.72. The van der Waals surface area contributed by atoms with Crippen LogP contribution in [-0.2, 0) is 14.3 Å². The van der Waals surface area contributed by atoms with Gasteiger partial charge in [0.2, 0.25) is 5.91 Å². The molecule has 0 spiro atoms. The van der Waals surface area contributed by atoms with Gasteiger partial charge in [-0.15, -0.1) is 0 Å². The van der Waals surface area contributed by atoms with E-state index in [1.807, 2.05) is 6.92 Å². The number of rotatable bonds is 6. The summed E-state index contributed by atoms with van der Waals surface area (Å²) in [5.74, 6) is 0.0919. The van der Waals surface area contributed by atoms with E-state index in [0.29, 0.717) is 18.5 Å². The van der Waals surface area contributed by atoms with Crippen molar-refractivity contribution >= 4 is 21.8 Å². The fourth-order valence-corrected chi connectivity index (χ4v) is 2.33. The van der Waals surface area contributed by atoms with E-state index in [2.05, 4.69) is 21.2 Å². The Kier molecular flexibility index (Phi) is 6.31. The quantitative estimate of drug-likeness (QED) is 0.752. The maximum atomic E-state index is 12.0. The number of carbonyl (C=O) groups is 1. The molecule has 1 amide bonds. The molecule has 1 aliphatic heterocycles. The summed E-state index contributed by atoms with van der Waals surface area (Å²) < 4.78 is 10.5. The van der Waals surface area contributed by atoms with Crippen LogP contribution in [0.25, 0.3) is 0 Å². The maximum Gasteiger partial charge on any atom is 0.226 e. The minimum Gasteiger partial charge on any atom is -0.383 e. The van der Waals surface area contributed by atoms with Gasteiger partial charge in [-0.25, -0.2) is 0 Å². The monoisotopic (exact) mass is 293 g/mol. The van der Waals surface area contributed by atoms with Crippen LogP contribution in [0.2, 0.25) is 0 Å². The SMILES string of the molecule is CCC1OCCC1C(=O)NC(CBr)COC. The number of nitrogens with one attached hydrogen (secondary N) is 1. The zero-order valence-corrected chi connectivity index (χ0v) is 11.5. The number of ether oxygens (including phenoxy) is 2. The smallest absolute Gasteiger partial charge is 0.226 e. The Morgan fingerprint density at radius 1 is 1.69 bits per heavy atom. The first kappa shape index (κ1) is 13.9. The molecule has 0 aromatic rings. The minimum atomic E-state index is 0.00315. The lowest BCUT2D eigenvalue weighted by molar-refractivity contribution is -0.127. The Bertz CT molecular complexity index is 225. The zero-order valence-electron chi connectivity index (χ0n) is 9.87. The Morgan fingerprint density at radius 3 is 3.00 bits per heavy atom. The Labute approximate surface area is 105 Å². The van der Waals surface area contributed by atoms with Gasteiger partial charge in [0.25, 0.3) is 0 Å². The largest absolute Gasteiger partial charge is 0.383 e. The van der Waals surface area contributed by atoms with E-state index < -0.39 is 0 Å². The molecule has 94 valence electrons. The lowest BCUT2D eigenvalue weighted by atomic mass is 9.98. The molecule has 4 nitrogen and oxygen atoms in total. The van der Waals surface area contributed by atoms with Crippen LogP contribution in [0.15, 0.2) is 0 Å². The first-order valence-electron chi connectivity index (χ1n) is 5.69. The van der Waals surface area contributed by atoms with Gasteiger partial charge in [-0.3, -0.25) is 4.79 Å². The van der Waals surface area contributed by atoms with Crippen molar-refractivity contribution in [2.24, 2.45) is 5.92 Å². The average Bonchev–Trinajstić information content (AvgIpc) is 2.76. The summed E-state index contributed by atoms with van der Waals surface area (Å²) in [4.78, 5) is 12.0. The van der Waals surface area contributed by atoms with Crippen LogP contribution in [0.5, 0.6) is 0 Å². The summed E-state index contributed by atoms with van der Waals surface area (Å²) in [5.41, 5.74) is 0. The van der Waals surface area contributed by atoms with Gasteiger partial charge in [0.1, 0.15) is 0 Å². The number of hydrogen-bond donors (Lipinski definition) is 1. The predicted molar refractivity (Wildman–Crippen MR) is 65.7 cm³/mol. The van der Waals surface area contributed by atoms with Crippen LogP contribution < -0.4 is 5.32 Å². The van der Waals surface area contributed by atoms with Crippen molar-refractivity contribution in [3.63, 3.8) is 0 Å². The third-order valence-electron chi connectivity index (χ3n) is 2.85. The van der Waals surface area contributed by atoms with E-state index in [9.17, 15) is 4.79 Å². The third-order valence-corrected chi connectivity index (χ3v) is 3.63. The second-order valence-electron chi connectivity index (χ2n) is 4.03. The van der Waals surface area contributed by atoms with Gasteiger partial charge < -0.3 is 14.8 Å². The van der Waals surface area contributed by atoms with Crippen LogP contribution in [0.3, 0.4) is 0 Å². The molecular formula is C11H20BrNO3. The number of alkyl halides is 1. The molecule has 3 unspecified atom stereocenters. The molecule has 0 saturated carbocycles. The maximum absolute atomic E-state index is 12.0. The van der Waals surface area contributed by atoms with Crippen molar-refractivity contribution in [3.8, 4) is 0 Å². The van der Waals surface area contributed by atoms with Gasteiger partial charge >= 0.3 is 0 Å². The molecule has 16 heavy (non-hydrogen) atoms. The summed E-state index contributed by atoms with van der Waals surface area (Å²) in [7, 11) is 1.63. The molecule has 0 aromatic carbocycles. The van der Waals surface area contributed by atoms with E-state index in [4.69, 9.17) is 9.47 Å². The lowest BCUT2D eigenvalue weighted by Gasteiger charge is -2.20. The van der Waals surface area contributed by atoms with Gasteiger partial charge in [-0.1, -0.05) is 22.9 Å². The van der Waals surface area contributed by atoms with Gasteiger partial charge in [0.15, 0.2) is 0 Å². The third kappa shape index (κ3) is 3.71. The summed E-state index contributed by atoms with van der Waals surface area (Å²) in [6.07, 6.45) is 1.80. The molecule has 0 aliphatic carbocycles. The highest BCUT2D eigenvalue weighted by atomic mass is 79.9. The van der Waals surface area contributed by atoms with Crippen LogP contribution in [-0.4, -0.2) is 43.7 Å². The minimum absolute atomic E-state index is 0.00315. The number of amides is 1. The lowest BCUT2D eigenvalue weighted by Crippen LogP contribution is -2.44. The summed E-state index contributed by atoms with van der Waals surface area (Å²) >= 11 is 3.36. The number of carbonyl (C=O) groups excluding carboxylic acids is 1. The molecule has 1 fully saturated rings. The molecule has 1 saturated heterocycles. The zero-order chi connectivity index (χ0) is 12.0. The number of hydrogen-bond acceptors (Lipinski definition) is 3. The van der Waals surface area contributed by atoms with Crippen molar-refractivity contribution in [1.29, 1.82) is 0 Å². The fraction of sp³-hybridized carbons (Fsp3) is 0.909. The Hall–Kier alpha value is -0.130. The number of halogens is 1. The highest BCUT2D eigenvalue weighted by molar-refractivity contribution is 9.09. The van der Waals surface area contributed by atoms with Gasteiger partial charge in [0, 0.05) is 19.0 Å². The normalized spacial score (nSPS) is 26.7. The van der Waals surface area contributed by atoms with Crippen molar-refractivity contribution < 1.29 is 14.3 Å².